The van der Waals surface area contributed by atoms with E-state index in [4.69, 9.17) is 7.10 Å². The van der Waals surface area contributed by atoms with Gasteiger partial charge in [0.1, 0.15) is 11.6 Å². The number of nitrogen functional groups attached to an aromatic ring is 1. The highest BCUT2D eigenvalue weighted by Crippen LogP contribution is 2.26. The molecule has 7 heteroatoms. The smallest absolute Gasteiger partial charge is 0.264 e. The van der Waals surface area contributed by atoms with E-state index in [2.05, 4.69) is 20.9 Å². The zero-order valence-electron chi connectivity index (χ0n) is 12.9. The largest absolute Gasteiger partial charge is 0.398 e. The molecule has 0 unspecified atom stereocenters. The maximum Gasteiger partial charge on any atom is 0.264 e. The van der Waals surface area contributed by atoms with Crippen molar-refractivity contribution in [2.75, 3.05) is 5.73 Å². The number of aryl methyl sites for hydroxylation is 1. The summed E-state index contributed by atoms with van der Waals surface area (Å²) in [6, 6.07) is 1.43. The topological polar surface area (TPSA) is 95.1 Å². The van der Waals surface area contributed by atoms with Crippen molar-refractivity contribution in [3.05, 3.63) is 32.8 Å². The number of ketones is 2. The quantitative estimate of drug-likeness (QED) is 0.615. The van der Waals surface area contributed by atoms with Crippen molar-refractivity contribution in [3.63, 3.8) is 0 Å². The number of hydrogen-bond acceptors (Lipinski definition) is 5. The molecule has 3 rings (SSSR count). The first-order valence-electron chi connectivity index (χ1n) is 7.28. The number of carbonyl (C=O) groups is 2. The van der Waals surface area contributed by atoms with Crippen molar-refractivity contribution in [2.24, 2.45) is 0 Å². The van der Waals surface area contributed by atoms with Crippen LogP contribution in [0.4, 0.5) is 5.69 Å². The molecule has 1 aromatic carbocycles. The SMILES string of the molecule is [2H][C@]1(n2c(C)nc3cc(Br)cc(N)c3c2=O)CCC(=O)CC1=O. The van der Waals surface area contributed by atoms with Gasteiger partial charge in [0.2, 0.25) is 0 Å². The molecule has 2 aromatic rings. The van der Waals surface area contributed by atoms with Crippen LogP contribution in [0.1, 0.15) is 32.5 Å². The first-order valence-corrected chi connectivity index (χ1v) is 7.57. The van der Waals surface area contributed by atoms with Gasteiger partial charge in [-0.25, -0.2) is 4.98 Å². The third-order valence-corrected chi connectivity index (χ3v) is 4.18. The Kier molecular flexibility index (Phi) is 3.29. The molecule has 0 amide bonds. The molecule has 0 radical (unpaired) electrons. The second-order valence-corrected chi connectivity index (χ2v) is 6.19. The molecular weight excluding hydrogens is 350 g/mol. The van der Waals surface area contributed by atoms with E-state index in [1.807, 2.05) is 0 Å². The summed E-state index contributed by atoms with van der Waals surface area (Å²) in [6.45, 7) is 1.57. The highest BCUT2D eigenvalue weighted by atomic mass is 79.9. The van der Waals surface area contributed by atoms with Crippen molar-refractivity contribution in [1.82, 2.24) is 9.55 Å². The minimum absolute atomic E-state index is 0.0327. The van der Waals surface area contributed by atoms with Crippen LogP contribution in [0.2, 0.25) is 0 Å². The van der Waals surface area contributed by atoms with E-state index >= 15 is 0 Å². The van der Waals surface area contributed by atoms with Gasteiger partial charge in [-0.3, -0.25) is 19.0 Å². The van der Waals surface area contributed by atoms with E-state index < -0.39 is 17.4 Å². The number of nitrogens with two attached hydrogens (primary N) is 1. The Morgan fingerprint density at radius 1 is 1.41 bits per heavy atom. The molecule has 6 nitrogen and oxygen atoms in total. The number of fused-ring (bicyclic) bond motifs is 1. The molecule has 1 saturated carbocycles. The normalized spacial score (nSPS) is 22.9. The molecule has 22 heavy (non-hydrogen) atoms. The van der Waals surface area contributed by atoms with Gasteiger partial charge in [0.15, 0.2) is 5.78 Å². The fourth-order valence-electron chi connectivity index (χ4n) is 2.74. The Bertz CT molecular complexity index is 924. The Morgan fingerprint density at radius 3 is 2.82 bits per heavy atom. The summed E-state index contributed by atoms with van der Waals surface area (Å²) >= 11 is 3.30. The first kappa shape index (κ1) is 13.6. The second-order valence-electron chi connectivity index (χ2n) is 5.27. The summed E-state index contributed by atoms with van der Waals surface area (Å²) in [5.74, 6) is -0.547. The van der Waals surface area contributed by atoms with Gasteiger partial charge in [-0.1, -0.05) is 15.9 Å². The molecule has 0 aliphatic heterocycles. The number of halogens is 1. The molecule has 0 spiro atoms. The zero-order chi connectivity index (χ0) is 16.9. The van der Waals surface area contributed by atoms with E-state index in [9.17, 15) is 14.4 Å². The summed E-state index contributed by atoms with van der Waals surface area (Å²) in [5, 5.41) is 0.176. The summed E-state index contributed by atoms with van der Waals surface area (Å²) < 4.78 is 10.2. The van der Waals surface area contributed by atoms with Crippen LogP contribution in [0.15, 0.2) is 21.4 Å². The lowest BCUT2D eigenvalue weighted by Crippen LogP contribution is -2.36. The Labute approximate surface area is 135 Å². The lowest BCUT2D eigenvalue weighted by atomic mass is 9.92. The monoisotopic (exact) mass is 364 g/mol. The van der Waals surface area contributed by atoms with E-state index in [1.54, 1.807) is 19.1 Å². The minimum Gasteiger partial charge on any atom is -0.398 e. The van der Waals surface area contributed by atoms with Crippen LogP contribution in [-0.2, 0) is 9.59 Å². The number of aromatic nitrogens is 2. The van der Waals surface area contributed by atoms with Gasteiger partial charge < -0.3 is 5.73 Å². The van der Waals surface area contributed by atoms with Gasteiger partial charge in [0.25, 0.3) is 5.56 Å². The molecule has 1 atom stereocenters. The third kappa shape index (κ3) is 2.35. The van der Waals surface area contributed by atoms with E-state index in [-0.39, 0.29) is 41.9 Å². The Balaban J connectivity index is 2.33. The fraction of sp³-hybridized carbons (Fsp3) is 0.333. The Morgan fingerprint density at radius 2 is 2.14 bits per heavy atom. The van der Waals surface area contributed by atoms with Crippen molar-refractivity contribution in [2.45, 2.75) is 32.2 Å². The van der Waals surface area contributed by atoms with Crippen LogP contribution < -0.4 is 11.3 Å². The number of anilines is 1. The molecule has 1 aliphatic carbocycles. The first-order chi connectivity index (χ1) is 10.7. The molecule has 1 heterocycles. The summed E-state index contributed by atoms with van der Waals surface area (Å²) in [6.07, 6.45) is -0.271. The van der Waals surface area contributed by atoms with Gasteiger partial charge in [-0.15, -0.1) is 0 Å². The highest BCUT2D eigenvalue weighted by molar-refractivity contribution is 9.10. The summed E-state index contributed by atoms with van der Waals surface area (Å²) in [7, 11) is 0. The maximum atomic E-state index is 12.9. The number of benzene rings is 1. The average molecular weight is 365 g/mol. The van der Waals surface area contributed by atoms with Crippen LogP contribution in [0, 0.1) is 6.92 Å². The zero-order valence-corrected chi connectivity index (χ0v) is 13.4. The van der Waals surface area contributed by atoms with E-state index in [1.165, 1.54) is 0 Å². The fourth-order valence-corrected chi connectivity index (χ4v) is 3.20. The van der Waals surface area contributed by atoms with Gasteiger partial charge in [-0.2, -0.15) is 0 Å². The van der Waals surface area contributed by atoms with Gasteiger partial charge in [0.05, 0.1) is 24.7 Å². The highest BCUT2D eigenvalue weighted by Gasteiger charge is 2.30. The summed E-state index contributed by atoms with van der Waals surface area (Å²) in [5.41, 5.74) is 6.02. The van der Waals surface area contributed by atoms with Crippen LogP contribution in [-0.4, -0.2) is 21.1 Å². The lowest BCUT2D eigenvalue weighted by Gasteiger charge is -2.24. The van der Waals surface area contributed by atoms with Crippen molar-refractivity contribution >= 4 is 44.1 Å². The predicted molar refractivity (Wildman–Crippen MR) is 85.8 cm³/mol. The van der Waals surface area contributed by atoms with Crippen LogP contribution in [0.25, 0.3) is 10.9 Å². The van der Waals surface area contributed by atoms with Crippen molar-refractivity contribution in [3.8, 4) is 0 Å². The predicted octanol–water partition coefficient (Wildman–Crippen LogP) is 1.91. The minimum atomic E-state index is -1.81. The second kappa shape index (κ2) is 5.31. The molecule has 114 valence electrons. The van der Waals surface area contributed by atoms with Crippen molar-refractivity contribution in [1.29, 1.82) is 0 Å². The van der Waals surface area contributed by atoms with E-state index in [0.29, 0.717) is 9.99 Å². The number of hydrogen-bond donors (Lipinski definition) is 1. The number of Topliss-reactive ketones (excluding diaryl/α,β-unsaturated/α-hetero) is 2. The van der Waals surface area contributed by atoms with Gasteiger partial charge in [-0.05, 0) is 25.5 Å². The van der Waals surface area contributed by atoms with Crippen LogP contribution in [0.5, 0.6) is 0 Å². The molecule has 0 bridgehead atoms. The Hall–Kier alpha value is -2.02. The van der Waals surface area contributed by atoms with Gasteiger partial charge in [0, 0.05) is 16.6 Å². The van der Waals surface area contributed by atoms with Crippen LogP contribution in [0.3, 0.4) is 0 Å². The molecule has 1 aliphatic rings. The summed E-state index contributed by atoms with van der Waals surface area (Å²) in [4.78, 5) is 40.9. The van der Waals surface area contributed by atoms with Crippen molar-refractivity contribution < 1.29 is 11.0 Å². The third-order valence-electron chi connectivity index (χ3n) is 3.73. The lowest BCUT2D eigenvalue weighted by molar-refractivity contribution is -0.132. The number of nitrogens with zero attached hydrogens (tertiary/aromatic N) is 2. The molecular formula is C15H14BrN3O3. The number of rotatable bonds is 1. The standard InChI is InChI=1S/C15H14BrN3O3/c1-7-18-11-5-8(16)4-10(17)14(11)15(22)19(7)12-3-2-9(20)6-13(12)21/h4-5,12H,2-3,6,17H2,1H3/t12-/m0/s1/i12D. The maximum absolute atomic E-state index is 12.9. The molecule has 0 saturated heterocycles. The van der Waals surface area contributed by atoms with Crippen LogP contribution >= 0.6 is 15.9 Å². The van der Waals surface area contributed by atoms with Gasteiger partial charge >= 0.3 is 0 Å². The average Bonchev–Trinajstić information content (AvgIpc) is 2.42. The molecule has 2 N–H and O–H groups in total. The molecule has 1 fully saturated rings. The van der Waals surface area contributed by atoms with E-state index in [0.717, 1.165) is 4.57 Å². The molecule has 1 aromatic heterocycles. The number of carbonyl (C=O) groups excluding carboxylic acids is 2.